The van der Waals surface area contributed by atoms with E-state index in [1.165, 1.54) is 18.2 Å². The molecule has 2 rings (SSSR count). The van der Waals surface area contributed by atoms with E-state index in [0.717, 1.165) is 12.8 Å². The minimum atomic E-state index is -0.477. The van der Waals surface area contributed by atoms with Crippen molar-refractivity contribution in [2.45, 2.75) is 24.1 Å². The summed E-state index contributed by atoms with van der Waals surface area (Å²) in [5.41, 5.74) is 0.161. The molecule has 1 aromatic rings. The molecule has 1 aromatic carbocycles. The van der Waals surface area contributed by atoms with Gasteiger partial charge in [0.2, 0.25) is 0 Å². The summed E-state index contributed by atoms with van der Waals surface area (Å²) in [5, 5.41) is -0.105. The third kappa shape index (κ3) is 1.44. The summed E-state index contributed by atoms with van der Waals surface area (Å²) in [6, 6.07) is 3.93. The molecule has 0 radical (unpaired) electrons. The molecule has 0 aromatic heterocycles. The quantitative estimate of drug-likeness (QED) is 0.612. The van der Waals surface area contributed by atoms with Gasteiger partial charge >= 0.3 is 0 Å². The van der Waals surface area contributed by atoms with Crippen molar-refractivity contribution in [1.29, 1.82) is 0 Å². The number of halogens is 3. The third-order valence-corrected chi connectivity index (χ3v) is 3.08. The van der Waals surface area contributed by atoms with Crippen LogP contribution in [0.25, 0.3) is 0 Å². The molecule has 13 heavy (non-hydrogen) atoms. The first-order chi connectivity index (χ1) is 6.20. The fraction of sp³-hybridized carbons (Fsp3) is 0.400. The molecule has 2 unspecified atom stereocenters. The minimum Gasteiger partial charge on any atom is -0.207 e. The maximum Gasteiger partial charge on any atom is 0.129 e. The summed E-state index contributed by atoms with van der Waals surface area (Å²) in [6.45, 7) is 0. The maximum atomic E-state index is 13.2. The number of hydrogen-bond acceptors (Lipinski definition) is 0. The van der Waals surface area contributed by atoms with Crippen molar-refractivity contribution < 1.29 is 8.78 Å². The highest BCUT2D eigenvalue weighted by Crippen LogP contribution is 2.42. The van der Waals surface area contributed by atoms with Crippen molar-refractivity contribution >= 4 is 11.6 Å². The van der Waals surface area contributed by atoms with Crippen molar-refractivity contribution in [1.82, 2.24) is 0 Å². The molecule has 0 saturated heterocycles. The predicted octanol–water partition coefficient (Wildman–Crippen LogP) is 3.45. The second-order valence-electron chi connectivity index (χ2n) is 3.34. The van der Waals surface area contributed by atoms with E-state index in [0.29, 0.717) is 0 Å². The molecule has 70 valence electrons. The van der Waals surface area contributed by atoms with Crippen LogP contribution in [0.4, 0.5) is 8.78 Å². The number of hydrogen-bond donors (Lipinski definition) is 0. The van der Waals surface area contributed by atoms with Crippen LogP contribution in [-0.2, 0) is 0 Å². The molecule has 3 heteroatoms. The average Bonchev–Trinajstić information content (AvgIpc) is 2.09. The smallest absolute Gasteiger partial charge is 0.129 e. The molecule has 1 aliphatic carbocycles. The first-order valence-electron chi connectivity index (χ1n) is 4.28. The summed E-state index contributed by atoms with van der Waals surface area (Å²) in [4.78, 5) is 0. The molecule has 0 nitrogen and oxygen atoms in total. The van der Waals surface area contributed by atoms with Crippen LogP contribution < -0.4 is 0 Å². The molecule has 1 aliphatic rings. The van der Waals surface area contributed by atoms with Crippen LogP contribution in [0.2, 0.25) is 0 Å². The van der Waals surface area contributed by atoms with Crippen molar-refractivity contribution in [3.8, 4) is 0 Å². The van der Waals surface area contributed by atoms with Crippen molar-refractivity contribution in [3.05, 3.63) is 35.4 Å². The normalized spacial score (nSPS) is 27.0. The predicted molar refractivity (Wildman–Crippen MR) is 48.0 cm³/mol. The van der Waals surface area contributed by atoms with E-state index in [9.17, 15) is 8.78 Å². The van der Waals surface area contributed by atoms with E-state index in [2.05, 4.69) is 0 Å². The SMILES string of the molecule is Fc1cccc(F)c1C1CCC1Cl. The van der Waals surface area contributed by atoms with E-state index >= 15 is 0 Å². The Morgan fingerprint density at radius 2 is 1.77 bits per heavy atom. The zero-order chi connectivity index (χ0) is 9.42. The summed E-state index contributed by atoms with van der Waals surface area (Å²) >= 11 is 5.86. The number of alkyl halides is 1. The molecular weight excluding hydrogens is 194 g/mol. The number of rotatable bonds is 1. The lowest BCUT2D eigenvalue weighted by atomic mass is 9.79. The van der Waals surface area contributed by atoms with Crippen LogP contribution >= 0.6 is 11.6 Å². The Labute approximate surface area is 80.5 Å². The van der Waals surface area contributed by atoms with Gasteiger partial charge in [-0.1, -0.05) is 6.07 Å². The molecule has 1 saturated carbocycles. The molecule has 0 heterocycles. The van der Waals surface area contributed by atoms with Crippen molar-refractivity contribution in [2.24, 2.45) is 0 Å². The van der Waals surface area contributed by atoms with E-state index in [1.54, 1.807) is 0 Å². The fourth-order valence-electron chi connectivity index (χ4n) is 1.65. The van der Waals surface area contributed by atoms with Gasteiger partial charge in [-0.2, -0.15) is 0 Å². The second kappa shape index (κ2) is 3.26. The first-order valence-corrected chi connectivity index (χ1v) is 4.72. The lowest BCUT2D eigenvalue weighted by molar-refractivity contribution is 0.395. The van der Waals surface area contributed by atoms with E-state index in [1.807, 2.05) is 0 Å². The summed E-state index contributed by atoms with van der Waals surface area (Å²) in [6.07, 6.45) is 1.63. The van der Waals surface area contributed by atoms with Crippen LogP contribution in [0.5, 0.6) is 0 Å². The van der Waals surface area contributed by atoms with Crippen LogP contribution in [0, 0.1) is 11.6 Å². The molecule has 0 bridgehead atoms. The monoisotopic (exact) mass is 202 g/mol. The highest BCUT2D eigenvalue weighted by Gasteiger charge is 2.34. The van der Waals surface area contributed by atoms with Crippen LogP contribution in [0.1, 0.15) is 24.3 Å². The lowest BCUT2D eigenvalue weighted by Gasteiger charge is -2.32. The molecule has 0 spiro atoms. The van der Waals surface area contributed by atoms with Gasteiger partial charge < -0.3 is 0 Å². The highest BCUT2D eigenvalue weighted by atomic mass is 35.5. The minimum absolute atomic E-state index is 0.105. The average molecular weight is 203 g/mol. The van der Waals surface area contributed by atoms with Gasteiger partial charge in [0.1, 0.15) is 11.6 Å². The second-order valence-corrected chi connectivity index (χ2v) is 3.90. The maximum absolute atomic E-state index is 13.2. The summed E-state index contributed by atoms with van der Waals surface area (Å²) < 4.78 is 26.4. The lowest BCUT2D eigenvalue weighted by Crippen LogP contribution is -2.25. The van der Waals surface area contributed by atoms with Crippen molar-refractivity contribution in [3.63, 3.8) is 0 Å². The van der Waals surface area contributed by atoms with Gasteiger partial charge in [0.25, 0.3) is 0 Å². The fourth-order valence-corrected chi connectivity index (χ4v) is 2.03. The first kappa shape index (κ1) is 8.95. The van der Waals surface area contributed by atoms with Gasteiger partial charge in [-0.25, -0.2) is 8.78 Å². The van der Waals surface area contributed by atoms with Gasteiger partial charge in [-0.05, 0) is 25.0 Å². The Bertz CT molecular complexity index is 304. The molecule has 0 N–H and O–H groups in total. The largest absolute Gasteiger partial charge is 0.207 e. The molecule has 2 atom stereocenters. The Hall–Kier alpha value is -0.630. The molecular formula is C10H9ClF2. The van der Waals surface area contributed by atoms with Gasteiger partial charge in [0.05, 0.1) is 0 Å². The van der Waals surface area contributed by atoms with Gasteiger partial charge in [0, 0.05) is 16.9 Å². The molecule has 1 fully saturated rings. The van der Waals surface area contributed by atoms with Gasteiger partial charge in [-0.3, -0.25) is 0 Å². The van der Waals surface area contributed by atoms with Gasteiger partial charge in [-0.15, -0.1) is 11.6 Å². The highest BCUT2D eigenvalue weighted by molar-refractivity contribution is 6.21. The third-order valence-electron chi connectivity index (χ3n) is 2.56. The van der Waals surface area contributed by atoms with Crippen LogP contribution in [0.15, 0.2) is 18.2 Å². The van der Waals surface area contributed by atoms with E-state index in [-0.39, 0.29) is 16.9 Å². The van der Waals surface area contributed by atoms with E-state index < -0.39 is 11.6 Å². The van der Waals surface area contributed by atoms with Crippen LogP contribution in [-0.4, -0.2) is 5.38 Å². The zero-order valence-corrected chi connectivity index (χ0v) is 7.69. The Morgan fingerprint density at radius 3 is 2.15 bits per heavy atom. The Morgan fingerprint density at radius 1 is 1.15 bits per heavy atom. The Kier molecular flexibility index (Phi) is 2.24. The topological polar surface area (TPSA) is 0 Å². The zero-order valence-electron chi connectivity index (χ0n) is 6.93. The molecule has 0 amide bonds. The van der Waals surface area contributed by atoms with Crippen LogP contribution in [0.3, 0.4) is 0 Å². The Balaban J connectivity index is 2.38. The van der Waals surface area contributed by atoms with E-state index in [4.69, 9.17) is 11.6 Å². The van der Waals surface area contributed by atoms with Gasteiger partial charge in [0.15, 0.2) is 0 Å². The summed E-state index contributed by atoms with van der Waals surface area (Å²) in [7, 11) is 0. The van der Waals surface area contributed by atoms with Crippen molar-refractivity contribution in [2.75, 3.05) is 0 Å². The standard InChI is InChI=1S/C10H9ClF2/c11-7-5-4-6(7)10-8(12)2-1-3-9(10)13/h1-3,6-7H,4-5H2. The molecule has 0 aliphatic heterocycles. The summed E-state index contributed by atoms with van der Waals surface area (Å²) in [5.74, 6) is -1.09. The number of benzene rings is 1.